The molecule has 0 aliphatic rings. The van der Waals surface area contributed by atoms with Gasteiger partial charge >= 0.3 is 0 Å². The predicted molar refractivity (Wildman–Crippen MR) is 107 cm³/mol. The van der Waals surface area contributed by atoms with Crippen LogP contribution in [0.2, 0.25) is 0 Å². The number of nitrogens with one attached hydrogen (secondary N) is 1. The normalized spacial score (nSPS) is 10.3. The molecular formula is C23H23NO3. The number of rotatable bonds is 8. The molecule has 0 spiro atoms. The molecule has 138 valence electrons. The molecule has 0 bridgehead atoms. The molecule has 0 atom stereocenters. The first-order chi connectivity index (χ1) is 13.3. The van der Waals surface area contributed by atoms with E-state index in [-0.39, 0.29) is 18.9 Å². The van der Waals surface area contributed by atoms with Gasteiger partial charge in [0.25, 0.3) is 0 Å². The monoisotopic (exact) mass is 361 g/mol. The van der Waals surface area contributed by atoms with Crippen molar-refractivity contribution < 1.29 is 14.3 Å². The summed E-state index contributed by atoms with van der Waals surface area (Å²) >= 11 is 0. The maximum absolute atomic E-state index is 12.3. The Bertz CT molecular complexity index is 878. The number of anilines is 1. The second-order valence-electron chi connectivity index (χ2n) is 6.12. The molecule has 3 aromatic carbocycles. The summed E-state index contributed by atoms with van der Waals surface area (Å²) in [5.41, 5.74) is 3.13. The Balaban J connectivity index is 1.56. The number of hydrogen-bond acceptors (Lipinski definition) is 3. The van der Waals surface area contributed by atoms with Crippen LogP contribution in [0.5, 0.6) is 11.5 Å². The first-order valence-electron chi connectivity index (χ1n) is 8.94. The van der Waals surface area contributed by atoms with E-state index >= 15 is 0 Å². The number of benzene rings is 3. The predicted octanol–water partition coefficient (Wildman–Crippen LogP) is 4.69. The zero-order chi connectivity index (χ0) is 18.9. The van der Waals surface area contributed by atoms with E-state index in [1.807, 2.05) is 66.7 Å². The van der Waals surface area contributed by atoms with Gasteiger partial charge in [-0.3, -0.25) is 4.79 Å². The largest absolute Gasteiger partial charge is 0.493 e. The van der Waals surface area contributed by atoms with Gasteiger partial charge in [-0.15, -0.1) is 0 Å². The third-order valence-electron chi connectivity index (χ3n) is 4.18. The number of methoxy groups -OCH3 is 1. The smallest absolute Gasteiger partial charge is 0.227 e. The van der Waals surface area contributed by atoms with E-state index < -0.39 is 0 Å². The standard InChI is InChI=1S/C23H23NO3/c1-26-21-13-7-8-14-22(21)27-16-15-23(25)24-20-12-6-5-11-19(20)17-18-9-3-2-4-10-18/h2-14H,15-17H2,1H3,(H,24,25). The van der Waals surface area contributed by atoms with Gasteiger partial charge in [0.15, 0.2) is 11.5 Å². The zero-order valence-corrected chi connectivity index (χ0v) is 15.4. The Hall–Kier alpha value is -3.27. The minimum atomic E-state index is -0.0783. The maximum atomic E-state index is 12.3. The Labute approximate surface area is 159 Å². The van der Waals surface area contributed by atoms with E-state index in [2.05, 4.69) is 17.4 Å². The lowest BCUT2D eigenvalue weighted by atomic mass is 10.0. The van der Waals surface area contributed by atoms with Gasteiger partial charge in [0, 0.05) is 5.69 Å². The van der Waals surface area contributed by atoms with Gasteiger partial charge in [0.1, 0.15) is 0 Å². The minimum absolute atomic E-state index is 0.0783. The van der Waals surface area contributed by atoms with Crippen LogP contribution >= 0.6 is 0 Å². The first-order valence-corrected chi connectivity index (χ1v) is 8.94. The van der Waals surface area contributed by atoms with Gasteiger partial charge in [-0.1, -0.05) is 60.7 Å². The number of ether oxygens (including phenoxy) is 2. The fourth-order valence-corrected chi connectivity index (χ4v) is 2.82. The lowest BCUT2D eigenvalue weighted by Crippen LogP contribution is -2.16. The maximum Gasteiger partial charge on any atom is 0.227 e. The van der Waals surface area contributed by atoms with Crippen LogP contribution in [0.25, 0.3) is 0 Å². The number of amides is 1. The molecule has 0 saturated carbocycles. The summed E-state index contributed by atoms with van der Waals surface area (Å²) in [5, 5.41) is 3.00. The van der Waals surface area contributed by atoms with E-state index in [4.69, 9.17) is 9.47 Å². The zero-order valence-electron chi connectivity index (χ0n) is 15.4. The van der Waals surface area contributed by atoms with E-state index in [1.54, 1.807) is 7.11 Å². The summed E-state index contributed by atoms with van der Waals surface area (Å²) in [7, 11) is 1.60. The molecule has 3 aromatic rings. The highest BCUT2D eigenvalue weighted by Crippen LogP contribution is 2.26. The van der Waals surface area contributed by atoms with Crippen LogP contribution in [0.4, 0.5) is 5.69 Å². The molecule has 4 heteroatoms. The van der Waals surface area contributed by atoms with Gasteiger partial charge < -0.3 is 14.8 Å². The lowest BCUT2D eigenvalue weighted by molar-refractivity contribution is -0.116. The summed E-state index contributed by atoms with van der Waals surface area (Å²) < 4.78 is 10.9. The van der Waals surface area contributed by atoms with Crippen molar-refractivity contribution in [2.75, 3.05) is 19.0 Å². The third kappa shape index (κ3) is 5.35. The quantitative estimate of drug-likeness (QED) is 0.633. The van der Waals surface area contributed by atoms with Gasteiger partial charge in [-0.25, -0.2) is 0 Å². The average molecular weight is 361 g/mol. The Morgan fingerprint density at radius 3 is 2.30 bits per heavy atom. The van der Waals surface area contributed by atoms with Crippen LogP contribution in [-0.4, -0.2) is 19.6 Å². The van der Waals surface area contributed by atoms with Crippen molar-refractivity contribution in [1.29, 1.82) is 0 Å². The second-order valence-corrected chi connectivity index (χ2v) is 6.12. The number of carbonyl (C=O) groups is 1. The van der Waals surface area contributed by atoms with Crippen LogP contribution in [0.1, 0.15) is 17.5 Å². The van der Waals surface area contributed by atoms with E-state index in [9.17, 15) is 4.79 Å². The van der Waals surface area contributed by atoms with Gasteiger partial charge in [0.05, 0.1) is 20.1 Å². The van der Waals surface area contributed by atoms with Crippen molar-refractivity contribution in [1.82, 2.24) is 0 Å². The fraction of sp³-hybridized carbons (Fsp3) is 0.174. The molecular weight excluding hydrogens is 338 g/mol. The van der Waals surface area contributed by atoms with Crippen LogP contribution in [0, 0.1) is 0 Å². The Morgan fingerprint density at radius 2 is 1.52 bits per heavy atom. The van der Waals surface area contributed by atoms with Gasteiger partial charge in [0.2, 0.25) is 5.91 Å². The fourth-order valence-electron chi connectivity index (χ4n) is 2.82. The molecule has 0 unspecified atom stereocenters. The van der Waals surface area contributed by atoms with Crippen molar-refractivity contribution in [3.8, 4) is 11.5 Å². The van der Waals surface area contributed by atoms with Crippen LogP contribution in [0.15, 0.2) is 78.9 Å². The highest BCUT2D eigenvalue weighted by molar-refractivity contribution is 5.91. The molecule has 4 nitrogen and oxygen atoms in total. The second kappa shape index (κ2) is 9.43. The molecule has 27 heavy (non-hydrogen) atoms. The summed E-state index contributed by atoms with van der Waals surface area (Å²) in [6.07, 6.45) is 1.03. The SMILES string of the molecule is COc1ccccc1OCCC(=O)Nc1ccccc1Cc1ccccc1. The molecule has 0 aliphatic carbocycles. The average Bonchev–Trinajstić information content (AvgIpc) is 2.70. The number of para-hydroxylation sites is 3. The molecule has 0 saturated heterocycles. The summed E-state index contributed by atoms with van der Waals surface area (Å²) in [5.74, 6) is 1.22. The molecule has 0 aliphatic heterocycles. The topological polar surface area (TPSA) is 47.6 Å². The molecule has 0 radical (unpaired) electrons. The lowest BCUT2D eigenvalue weighted by Gasteiger charge is -2.12. The van der Waals surface area contributed by atoms with E-state index in [0.717, 1.165) is 17.7 Å². The third-order valence-corrected chi connectivity index (χ3v) is 4.18. The van der Waals surface area contributed by atoms with Crippen molar-refractivity contribution in [2.45, 2.75) is 12.8 Å². The molecule has 0 heterocycles. The van der Waals surface area contributed by atoms with Crippen molar-refractivity contribution in [3.05, 3.63) is 90.0 Å². The first kappa shape index (κ1) is 18.5. The Morgan fingerprint density at radius 1 is 0.852 bits per heavy atom. The summed E-state index contributed by atoms with van der Waals surface area (Å²) in [6.45, 7) is 0.285. The highest BCUT2D eigenvalue weighted by atomic mass is 16.5. The number of hydrogen-bond donors (Lipinski definition) is 1. The van der Waals surface area contributed by atoms with Gasteiger partial charge in [-0.2, -0.15) is 0 Å². The van der Waals surface area contributed by atoms with Crippen molar-refractivity contribution in [2.24, 2.45) is 0 Å². The Kier molecular flexibility index (Phi) is 6.47. The van der Waals surface area contributed by atoms with Crippen molar-refractivity contribution >= 4 is 11.6 Å². The number of carbonyl (C=O) groups excluding carboxylic acids is 1. The summed E-state index contributed by atoms with van der Waals surface area (Å²) in [4.78, 5) is 12.3. The van der Waals surface area contributed by atoms with E-state index in [1.165, 1.54) is 5.56 Å². The molecule has 1 amide bonds. The highest BCUT2D eigenvalue weighted by Gasteiger charge is 2.09. The summed E-state index contributed by atoms with van der Waals surface area (Å²) in [6, 6.07) is 25.5. The molecule has 3 rings (SSSR count). The molecule has 0 fully saturated rings. The minimum Gasteiger partial charge on any atom is -0.493 e. The van der Waals surface area contributed by atoms with Crippen LogP contribution < -0.4 is 14.8 Å². The van der Waals surface area contributed by atoms with Crippen LogP contribution in [0.3, 0.4) is 0 Å². The van der Waals surface area contributed by atoms with Gasteiger partial charge in [-0.05, 0) is 35.7 Å². The van der Waals surface area contributed by atoms with Crippen LogP contribution in [-0.2, 0) is 11.2 Å². The molecule has 1 N–H and O–H groups in total. The van der Waals surface area contributed by atoms with Crippen molar-refractivity contribution in [3.63, 3.8) is 0 Å². The van der Waals surface area contributed by atoms with E-state index in [0.29, 0.717) is 11.5 Å². The molecule has 0 aromatic heterocycles.